The highest BCUT2D eigenvalue weighted by Gasteiger charge is 2.28. The second-order valence-electron chi connectivity index (χ2n) is 6.47. The Hall–Kier alpha value is -2.25. The Morgan fingerprint density at radius 2 is 2.20 bits per heavy atom. The Kier molecular flexibility index (Phi) is 4.76. The first-order valence-corrected chi connectivity index (χ1v) is 8.82. The number of nitrogens with one attached hydrogen (secondary N) is 1. The molecule has 1 aromatic carbocycles. The smallest absolute Gasteiger partial charge is 0.240 e. The lowest BCUT2D eigenvalue weighted by atomic mass is 10.0. The molecule has 7 heteroatoms. The number of benzene rings is 1. The average molecular weight is 341 g/mol. The standard InChI is InChI=1S/C18H23N5O2/c1-24-11-9-16-21-17(25-22-16)12-23-10-5-4-8-15(23)18-19-13-6-2-3-7-14(13)20-18/h2-3,6-7,15H,4-5,8-12H2,1H3,(H,19,20)/t15-/m0/s1. The summed E-state index contributed by atoms with van der Waals surface area (Å²) in [5.41, 5.74) is 2.10. The lowest BCUT2D eigenvalue weighted by Crippen LogP contribution is -2.33. The van der Waals surface area contributed by atoms with Gasteiger partial charge in [0.25, 0.3) is 0 Å². The molecule has 1 fully saturated rings. The van der Waals surface area contributed by atoms with E-state index in [4.69, 9.17) is 14.2 Å². The first-order chi connectivity index (χ1) is 12.3. The van der Waals surface area contributed by atoms with Crippen LogP contribution in [0, 0.1) is 0 Å². The SMILES string of the molecule is COCCc1noc(CN2CCCC[C@H]2c2nc3ccccc3[nH]2)n1. The molecule has 1 N–H and O–H groups in total. The number of aromatic nitrogens is 4. The highest BCUT2D eigenvalue weighted by atomic mass is 16.5. The van der Waals surface area contributed by atoms with Crippen LogP contribution in [0.5, 0.6) is 0 Å². The minimum Gasteiger partial charge on any atom is -0.384 e. The van der Waals surface area contributed by atoms with Crippen molar-refractivity contribution in [2.45, 2.75) is 38.3 Å². The maximum absolute atomic E-state index is 5.42. The van der Waals surface area contributed by atoms with E-state index in [2.05, 4.69) is 26.1 Å². The topological polar surface area (TPSA) is 80.1 Å². The number of H-pyrrole nitrogens is 1. The van der Waals surface area contributed by atoms with E-state index in [0.717, 1.165) is 29.8 Å². The predicted molar refractivity (Wildman–Crippen MR) is 93.0 cm³/mol. The minimum absolute atomic E-state index is 0.260. The number of ether oxygens (including phenoxy) is 1. The number of likely N-dealkylation sites (tertiary alicyclic amines) is 1. The molecule has 1 aliphatic rings. The van der Waals surface area contributed by atoms with Gasteiger partial charge in [0, 0.05) is 13.5 Å². The van der Waals surface area contributed by atoms with Crippen molar-refractivity contribution in [3.8, 4) is 0 Å². The van der Waals surface area contributed by atoms with E-state index in [-0.39, 0.29) is 6.04 Å². The minimum atomic E-state index is 0.260. The molecule has 3 aromatic rings. The molecule has 0 aliphatic carbocycles. The first-order valence-electron chi connectivity index (χ1n) is 8.82. The number of hydrogen-bond donors (Lipinski definition) is 1. The van der Waals surface area contributed by atoms with E-state index in [9.17, 15) is 0 Å². The van der Waals surface area contributed by atoms with Crippen molar-refractivity contribution >= 4 is 11.0 Å². The summed E-state index contributed by atoms with van der Waals surface area (Å²) in [6, 6.07) is 8.42. The Bertz CT molecular complexity index is 795. The summed E-state index contributed by atoms with van der Waals surface area (Å²) in [6.45, 7) is 2.27. The molecule has 3 heterocycles. The van der Waals surface area contributed by atoms with Crippen LogP contribution in [0.15, 0.2) is 28.8 Å². The molecule has 0 saturated carbocycles. The first kappa shape index (κ1) is 16.2. The van der Waals surface area contributed by atoms with E-state index in [1.807, 2.05) is 18.2 Å². The Balaban J connectivity index is 1.51. The van der Waals surface area contributed by atoms with E-state index < -0.39 is 0 Å². The highest BCUT2D eigenvalue weighted by Crippen LogP contribution is 2.31. The summed E-state index contributed by atoms with van der Waals surface area (Å²) in [5.74, 6) is 2.39. The van der Waals surface area contributed by atoms with Crippen LogP contribution in [0.2, 0.25) is 0 Å². The van der Waals surface area contributed by atoms with Crippen LogP contribution in [-0.4, -0.2) is 45.3 Å². The van der Waals surface area contributed by atoms with Crippen LogP contribution in [0.4, 0.5) is 0 Å². The number of fused-ring (bicyclic) bond motifs is 1. The van der Waals surface area contributed by atoms with Gasteiger partial charge in [-0.25, -0.2) is 4.98 Å². The van der Waals surface area contributed by atoms with E-state index in [1.165, 1.54) is 12.8 Å². The third kappa shape index (κ3) is 3.57. The normalized spacial score (nSPS) is 18.8. The molecule has 25 heavy (non-hydrogen) atoms. The zero-order valence-electron chi connectivity index (χ0n) is 14.4. The zero-order valence-corrected chi connectivity index (χ0v) is 14.4. The summed E-state index contributed by atoms with van der Waals surface area (Å²) < 4.78 is 10.5. The van der Waals surface area contributed by atoms with Gasteiger partial charge in [0.1, 0.15) is 5.82 Å². The largest absolute Gasteiger partial charge is 0.384 e. The van der Waals surface area contributed by atoms with Crippen LogP contribution >= 0.6 is 0 Å². The van der Waals surface area contributed by atoms with Crippen molar-refractivity contribution < 1.29 is 9.26 Å². The number of aromatic amines is 1. The molecule has 7 nitrogen and oxygen atoms in total. The maximum Gasteiger partial charge on any atom is 0.240 e. The second kappa shape index (κ2) is 7.33. The van der Waals surface area contributed by atoms with Crippen LogP contribution < -0.4 is 0 Å². The van der Waals surface area contributed by atoms with Gasteiger partial charge < -0.3 is 14.2 Å². The van der Waals surface area contributed by atoms with Crippen molar-refractivity contribution in [1.29, 1.82) is 0 Å². The molecule has 2 aromatic heterocycles. The molecule has 132 valence electrons. The van der Waals surface area contributed by atoms with E-state index in [0.29, 0.717) is 31.3 Å². The Morgan fingerprint density at radius 3 is 3.08 bits per heavy atom. The lowest BCUT2D eigenvalue weighted by molar-refractivity contribution is 0.119. The maximum atomic E-state index is 5.42. The Labute approximate surface area is 146 Å². The van der Waals surface area contributed by atoms with Gasteiger partial charge >= 0.3 is 0 Å². The van der Waals surface area contributed by atoms with Crippen molar-refractivity contribution in [1.82, 2.24) is 25.0 Å². The number of hydrogen-bond acceptors (Lipinski definition) is 6. The monoisotopic (exact) mass is 341 g/mol. The van der Waals surface area contributed by atoms with Gasteiger partial charge in [0.2, 0.25) is 5.89 Å². The molecule has 1 aliphatic heterocycles. The number of rotatable bonds is 6. The number of methoxy groups -OCH3 is 1. The lowest BCUT2D eigenvalue weighted by Gasteiger charge is -2.33. The zero-order chi connectivity index (χ0) is 17.1. The van der Waals surface area contributed by atoms with Gasteiger partial charge in [-0.15, -0.1) is 0 Å². The number of para-hydroxylation sites is 2. The summed E-state index contributed by atoms with van der Waals surface area (Å²) in [4.78, 5) is 15.1. The quantitative estimate of drug-likeness (QED) is 0.742. The van der Waals surface area contributed by atoms with Crippen molar-refractivity contribution in [3.05, 3.63) is 41.8 Å². The highest BCUT2D eigenvalue weighted by molar-refractivity contribution is 5.74. The molecule has 0 spiro atoms. The van der Waals surface area contributed by atoms with Gasteiger partial charge in [-0.2, -0.15) is 4.98 Å². The number of nitrogens with zero attached hydrogens (tertiary/aromatic N) is 4. The number of imidazole rings is 1. The van der Waals surface area contributed by atoms with Crippen LogP contribution in [0.1, 0.15) is 42.8 Å². The van der Waals surface area contributed by atoms with E-state index in [1.54, 1.807) is 7.11 Å². The fourth-order valence-electron chi connectivity index (χ4n) is 3.44. The van der Waals surface area contributed by atoms with Gasteiger partial charge in [-0.05, 0) is 31.5 Å². The third-order valence-electron chi connectivity index (χ3n) is 4.72. The summed E-state index contributed by atoms with van der Waals surface area (Å²) >= 11 is 0. The van der Waals surface area contributed by atoms with E-state index >= 15 is 0 Å². The fraction of sp³-hybridized carbons (Fsp3) is 0.500. The molecule has 4 rings (SSSR count). The van der Waals surface area contributed by atoms with Crippen molar-refractivity contribution in [2.75, 3.05) is 20.3 Å². The van der Waals surface area contributed by atoms with Crippen LogP contribution in [0.3, 0.4) is 0 Å². The average Bonchev–Trinajstić information content (AvgIpc) is 3.27. The molecule has 0 amide bonds. The number of piperidine rings is 1. The predicted octanol–water partition coefficient (Wildman–Crippen LogP) is 2.86. The summed E-state index contributed by atoms with van der Waals surface area (Å²) in [7, 11) is 1.67. The third-order valence-corrected chi connectivity index (χ3v) is 4.72. The summed E-state index contributed by atoms with van der Waals surface area (Å²) in [5, 5.41) is 4.04. The molecular weight excluding hydrogens is 318 g/mol. The van der Waals surface area contributed by atoms with Crippen molar-refractivity contribution in [2.24, 2.45) is 0 Å². The second-order valence-corrected chi connectivity index (χ2v) is 6.47. The van der Waals surface area contributed by atoms with Crippen LogP contribution in [0.25, 0.3) is 11.0 Å². The van der Waals surface area contributed by atoms with Crippen LogP contribution in [-0.2, 0) is 17.7 Å². The molecule has 0 radical (unpaired) electrons. The summed E-state index contributed by atoms with van der Waals surface area (Å²) in [6.07, 6.45) is 4.15. The molecule has 1 saturated heterocycles. The van der Waals surface area contributed by atoms with Crippen molar-refractivity contribution in [3.63, 3.8) is 0 Å². The van der Waals surface area contributed by atoms with Gasteiger partial charge in [0.15, 0.2) is 5.82 Å². The molecular formula is C18H23N5O2. The molecule has 0 unspecified atom stereocenters. The van der Waals surface area contributed by atoms with Gasteiger partial charge in [-0.3, -0.25) is 4.90 Å². The Morgan fingerprint density at radius 1 is 1.28 bits per heavy atom. The fourth-order valence-corrected chi connectivity index (χ4v) is 3.44. The molecule has 1 atom stereocenters. The van der Waals surface area contributed by atoms with Gasteiger partial charge in [0.05, 0.1) is 30.2 Å². The van der Waals surface area contributed by atoms with Gasteiger partial charge in [-0.1, -0.05) is 23.7 Å². The molecule has 0 bridgehead atoms.